The van der Waals surface area contributed by atoms with Crippen molar-refractivity contribution >= 4 is 40.4 Å². The zero-order valence-corrected chi connectivity index (χ0v) is 20.6. The first kappa shape index (κ1) is 25.2. The number of amidine groups is 1. The van der Waals surface area contributed by atoms with Gasteiger partial charge < -0.3 is 30.4 Å². The monoisotopic (exact) mass is 499 g/mol. The Morgan fingerprint density at radius 3 is 2.78 bits per heavy atom. The van der Waals surface area contributed by atoms with Crippen LogP contribution in [0.25, 0.3) is 10.9 Å². The highest BCUT2D eigenvalue weighted by Crippen LogP contribution is 2.27. The third-order valence-electron chi connectivity index (χ3n) is 6.12. The molecule has 0 bridgehead atoms. The van der Waals surface area contributed by atoms with Crippen molar-refractivity contribution in [3.8, 4) is 0 Å². The number of carbonyl (C=O) groups is 1. The number of amides is 1. The lowest BCUT2D eigenvalue weighted by Crippen LogP contribution is -2.36. The number of anilines is 2. The highest BCUT2D eigenvalue weighted by atomic mass is 19.1. The lowest BCUT2D eigenvalue weighted by atomic mass is 10.1. The van der Waals surface area contributed by atoms with E-state index in [1.54, 1.807) is 18.9 Å². The van der Waals surface area contributed by atoms with Crippen LogP contribution in [0.3, 0.4) is 0 Å². The Balaban J connectivity index is 1.35. The Kier molecular flexibility index (Phi) is 7.58. The van der Waals surface area contributed by atoms with Crippen LogP contribution in [0.15, 0.2) is 21.5 Å². The molecule has 0 spiro atoms. The highest BCUT2D eigenvalue weighted by molar-refractivity contribution is 5.94. The third kappa shape index (κ3) is 5.67. The number of fused-ring (bicyclic) bond motifs is 1. The number of morpholine rings is 1. The lowest BCUT2D eigenvalue weighted by molar-refractivity contribution is 0.0695. The summed E-state index contributed by atoms with van der Waals surface area (Å²) in [7, 11) is 1.69. The number of aryl methyl sites for hydroxylation is 1. The fourth-order valence-electron chi connectivity index (χ4n) is 3.95. The second-order valence-electron chi connectivity index (χ2n) is 8.77. The first-order valence-electron chi connectivity index (χ1n) is 11.7. The van der Waals surface area contributed by atoms with E-state index < -0.39 is 5.82 Å². The number of carbonyl (C=O) groups excluding carboxylic acids is 1. The maximum atomic E-state index is 13.9. The molecule has 192 valence electrons. The summed E-state index contributed by atoms with van der Waals surface area (Å²) in [5.74, 6) is -0.229. The van der Waals surface area contributed by atoms with Gasteiger partial charge in [-0.15, -0.1) is 5.10 Å². The number of benzene rings is 1. The van der Waals surface area contributed by atoms with Crippen LogP contribution in [0.1, 0.15) is 42.4 Å². The quantitative estimate of drug-likeness (QED) is 0.347. The Bertz CT molecular complexity index is 1270. The molecule has 12 nitrogen and oxygen atoms in total. The van der Waals surface area contributed by atoms with Crippen molar-refractivity contribution in [2.45, 2.75) is 39.2 Å². The van der Waals surface area contributed by atoms with Crippen molar-refractivity contribution in [2.24, 2.45) is 10.7 Å². The molecule has 3 heterocycles. The van der Waals surface area contributed by atoms with Gasteiger partial charge in [0.05, 0.1) is 18.7 Å². The van der Waals surface area contributed by atoms with Gasteiger partial charge in [-0.1, -0.05) is 5.10 Å². The van der Waals surface area contributed by atoms with E-state index in [4.69, 9.17) is 20.6 Å². The molecule has 4 N–H and O–H groups in total. The molecule has 0 saturated carbocycles. The van der Waals surface area contributed by atoms with Crippen LogP contribution in [-0.2, 0) is 4.74 Å². The average molecular weight is 500 g/mol. The van der Waals surface area contributed by atoms with Crippen molar-refractivity contribution in [3.05, 3.63) is 29.4 Å². The normalized spacial score (nSPS) is 15.3. The molecule has 0 aliphatic carbocycles. The van der Waals surface area contributed by atoms with Crippen molar-refractivity contribution in [1.82, 2.24) is 25.1 Å². The minimum absolute atomic E-state index is 0.0373. The predicted octanol–water partition coefficient (Wildman–Crippen LogP) is 2.20. The number of rotatable bonds is 8. The molecule has 1 aliphatic rings. The highest BCUT2D eigenvalue weighted by Gasteiger charge is 2.25. The fraction of sp³-hybridized carbons (Fsp3) is 0.478. The van der Waals surface area contributed by atoms with Gasteiger partial charge in [-0.2, -0.15) is 4.98 Å². The van der Waals surface area contributed by atoms with Crippen molar-refractivity contribution < 1.29 is 18.3 Å². The molecule has 0 radical (unpaired) electrons. The van der Waals surface area contributed by atoms with Crippen LogP contribution < -0.4 is 16.4 Å². The first-order valence-corrected chi connectivity index (χ1v) is 11.7. The lowest BCUT2D eigenvalue weighted by Gasteiger charge is -2.25. The summed E-state index contributed by atoms with van der Waals surface area (Å²) in [4.78, 5) is 29.0. The van der Waals surface area contributed by atoms with Gasteiger partial charge in [0.15, 0.2) is 5.82 Å². The largest absolute Gasteiger partial charge is 0.399 e. The molecule has 1 amide bonds. The van der Waals surface area contributed by atoms with Gasteiger partial charge >= 0.3 is 17.8 Å². The van der Waals surface area contributed by atoms with Crippen LogP contribution in [0.5, 0.6) is 0 Å². The Morgan fingerprint density at radius 1 is 1.28 bits per heavy atom. The zero-order valence-electron chi connectivity index (χ0n) is 20.6. The number of halogens is 1. The number of nitrogens with zero attached hydrogens (tertiary/aromatic N) is 7. The second-order valence-corrected chi connectivity index (χ2v) is 8.77. The van der Waals surface area contributed by atoms with Gasteiger partial charge in [-0.25, -0.2) is 14.4 Å². The minimum Gasteiger partial charge on any atom is -0.399 e. The van der Waals surface area contributed by atoms with E-state index in [0.29, 0.717) is 73.9 Å². The molecule has 36 heavy (non-hydrogen) atoms. The number of nitrogens with two attached hydrogens (primary N) is 2. The van der Waals surface area contributed by atoms with Gasteiger partial charge in [-0.3, -0.25) is 4.79 Å². The zero-order chi connectivity index (χ0) is 25.8. The Morgan fingerprint density at radius 2 is 2.03 bits per heavy atom. The molecule has 2 aromatic heterocycles. The van der Waals surface area contributed by atoms with E-state index >= 15 is 0 Å². The number of nitrogen functional groups attached to an aromatic ring is 1. The molecule has 1 fully saturated rings. The van der Waals surface area contributed by atoms with Gasteiger partial charge in [0, 0.05) is 38.0 Å². The molecule has 3 aromatic rings. The number of hydrogen-bond donors (Lipinski definition) is 2. The topological polar surface area (TPSA) is 162 Å². The summed E-state index contributed by atoms with van der Waals surface area (Å²) in [5.41, 5.74) is 13.1. The van der Waals surface area contributed by atoms with Crippen LogP contribution in [0.2, 0.25) is 0 Å². The summed E-state index contributed by atoms with van der Waals surface area (Å²) >= 11 is 0. The molecular weight excluding hydrogens is 469 g/mol. The van der Waals surface area contributed by atoms with Gasteiger partial charge in [0.2, 0.25) is 5.95 Å². The van der Waals surface area contributed by atoms with Crippen molar-refractivity contribution in [1.29, 1.82) is 0 Å². The van der Waals surface area contributed by atoms with Crippen LogP contribution in [-0.4, -0.2) is 76.2 Å². The van der Waals surface area contributed by atoms with Gasteiger partial charge in [0.25, 0.3) is 0 Å². The molecule has 1 aliphatic heterocycles. The fourth-order valence-corrected chi connectivity index (χ4v) is 3.95. The van der Waals surface area contributed by atoms with Crippen LogP contribution in [0, 0.1) is 12.7 Å². The summed E-state index contributed by atoms with van der Waals surface area (Å²) in [6.45, 7) is 6.09. The Hall–Kier alpha value is -3.87. The van der Waals surface area contributed by atoms with Crippen molar-refractivity contribution in [2.75, 3.05) is 44.0 Å². The van der Waals surface area contributed by atoms with Crippen molar-refractivity contribution in [3.63, 3.8) is 0 Å². The number of ether oxygens (including phenoxy) is 1. The number of aliphatic imine (C=N–C) groups is 1. The molecule has 1 atom stereocenters. The van der Waals surface area contributed by atoms with E-state index in [0.717, 1.165) is 0 Å². The minimum atomic E-state index is -0.414. The first-order chi connectivity index (χ1) is 17.2. The van der Waals surface area contributed by atoms with Crippen LogP contribution >= 0.6 is 0 Å². The third-order valence-corrected chi connectivity index (χ3v) is 6.12. The molecule has 0 unspecified atom stereocenters. The van der Waals surface area contributed by atoms with E-state index in [-0.39, 0.29) is 29.6 Å². The average Bonchev–Trinajstić information content (AvgIpc) is 3.35. The van der Waals surface area contributed by atoms with Gasteiger partial charge in [0.1, 0.15) is 11.7 Å². The number of hydrogen-bond acceptors (Lipinski definition) is 10. The molecule has 13 heteroatoms. The number of aromatic nitrogens is 4. The van der Waals surface area contributed by atoms with E-state index in [1.165, 1.54) is 12.1 Å². The SMILES string of the molecule is Cc1cc(F)cc2c(N=C(N)CCC[C@H](C)N(C)C(=O)c3nnc(N4CCOCC4)o3)nc(N)nc12. The molecule has 1 aromatic carbocycles. The summed E-state index contributed by atoms with van der Waals surface area (Å²) in [5, 5.41) is 8.36. The molecule has 4 rings (SSSR count). The standard InChI is InChI=1S/C23H30FN9O3/c1-13-11-15(24)12-16-18(13)28-22(26)29-19(16)27-17(25)6-4-5-14(2)32(3)21(34)20-30-31-23(36-20)33-7-9-35-10-8-33/h11-12,14H,4-10H2,1-3H3,(H4,25,26,27,28,29)/t14-/m0/s1. The second kappa shape index (κ2) is 10.8. The summed E-state index contributed by atoms with van der Waals surface area (Å²) in [6.07, 6.45) is 1.76. The van der Waals surface area contributed by atoms with E-state index in [9.17, 15) is 9.18 Å². The maximum absolute atomic E-state index is 13.9. The summed E-state index contributed by atoms with van der Waals surface area (Å²) in [6, 6.07) is 2.90. The molecule has 1 saturated heterocycles. The van der Waals surface area contributed by atoms with E-state index in [2.05, 4.69) is 25.2 Å². The van der Waals surface area contributed by atoms with E-state index in [1.807, 2.05) is 11.8 Å². The predicted molar refractivity (Wildman–Crippen MR) is 133 cm³/mol. The Labute approximate surface area is 207 Å². The maximum Gasteiger partial charge on any atom is 0.318 e. The summed E-state index contributed by atoms with van der Waals surface area (Å²) < 4.78 is 24.9. The smallest absolute Gasteiger partial charge is 0.318 e. The van der Waals surface area contributed by atoms with Crippen LogP contribution in [0.4, 0.5) is 22.2 Å². The van der Waals surface area contributed by atoms with Gasteiger partial charge in [-0.05, 0) is 44.4 Å². The molecular formula is C23H30FN9O3.